The molecule has 0 amide bonds. The second-order valence-corrected chi connectivity index (χ2v) is 3.48. The third kappa shape index (κ3) is 0.947. The summed E-state index contributed by atoms with van der Waals surface area (Å²) in [5.41, 5.74) is -0.00231. The number of halogens is 1. The third-order valence-corrected chi connectivity index (χ3v) is 2.70. The first-order chi connectivity index (χ1) is 4.81. The van der Waals surface area contributed by atoms with E-state index in [2.05, 4.69) is 0 Å². The number of ether oxygens (including phenoxy) is 1. The topological polar surface area (TPSA) is 9.23 Å². The van der Waals surface area contributed by atoms with Gasteiger partial charge in [0.25, 0.3) is 0 Å². The van der Waals surface area contributed by atoms with Crippen LogP contribution >= 0.6 is 0 Å². The Balaban J connectivity index is 1.96. The van der Waals surface area contributed by atoms with Crippen LogP contribution in [0.15, 0.2) is 0 Å². The Labute approximate surface area is 60.6 Å². The summed E-state index contributed by atoms with van der Waals surface area (Å²) >= 11 is 0. The SMILES string of the molecule is FC1CCOC2(CCC2)C1. The maximum atomic E-state index is 12.8. The quantitative estimate of drug-likeness (QED) is 0.505. The summed E-state index contributed by atoms with van der Waals surface area (Å²) in [7, 11) is 0. The Hall–Kier alpha value is -0.110. The lowest BCUT2D eigenvalue weighted by atomic mass is 9.75. The average Bonchev–Trinajstić information content (AvgIpc) is 1.85. The highest BCUT2D eigenvalue weighted by Crippen LogP contribution is 2.42. The second kappa shape index (κ2) is 2.19. The fraction of sp³-hybridized carbons (Fsp3) is 1.00. The van der Waals surface area contributed by atoms with Gasteiger partial charge in [-0.3, -0.25) is 0 Å². The summed E-state index contributed by atoms with van der Waals surface area (Å²) in [5.74, 6) is 0. The highest BCUT2D eigenvalue weighted by Gasteiger charge is 2.42. The summed E-state index contributed by atoms with van der Waals surface area (Å²) in [4.78, 5) is 0. The number of hydrogen-bond acceptors (Lipinski definition) is 1. The van der Waals surface area contributed by atoms with E-state index >= 15 is 0 Å². The fourth-order valence-electron chi connectivity index (χ4n) is 1.89. The normalized spacial score (nSPS) is 37.5. The van der Waals surface area contributed by atoms with Gasteiger partial charge in [0.2, 0.25) is 0 Å². The van der Waals surface area contributed by atoms with Gasteiger partial charge in [-0.15, -0.1) is 0 Å². The van der Waals surface area contributed by atoms with E-state index < -0.39 is 6.17 Å². The highest BCUT2D eigenvalue weighted by atomic mass is 19.1. The van der Waals surface area contributed by atoms with Crippen LogP contribution in [0.4, 0.5) is 4.39 Å². The minimum atomic E-state index is -0.589. The molecule has 58 valence electrons. The molecule has 2 heteroatoms. The van der Waals surface area contributed by atoms with Gasteiger partial charge in [-0.05, 0) is 19.3 Å². The molecule has 0 N–H and O–H groups in total. The van der Waals surface area contributed by atoms with E-state index in [9.17, 15) is 4.39 Å². The van der Waals surface area contributed by atoms with E-state index in [0.717, 1.165) is 12.8 Å². The number of hydrogen-bond donors (Lipinski definition) is 0. The third-order valence-electron chi connectivity index (χ3n) is 2.70. The molecule has 0 radical (unpaired) electrons. The molecule has 0 bridgehead atoms. The van der Waals surface area contributed by atoms with Crippen molar-refractivity contribution in [3.8, 4) is 0 Å². The van der Waals surface area contributed by atoms with Crippen molar-refractivity contribution < 1.29 is 9.13 Å². The van der Waals surface area contributed by atoms with Crippen molar-refractivity contribution in [2.45, 2.75) is 43.9 Å². The monoisotopic (exact) mass is 144 g/mol. The van der Waals surface area contributed by atoms with E-state index in [1.54, 1.807) is 0 Å². The molecule has 1 atom stereocenters. The molecule has 0 aromatic carbocycles. The van der Waals surface area contributed by atoms with Crippen LogP contribution < -0.4 is 0 Å². The van der Waals surface area contributed by atoms with Crippen molar-refractivity contribution in [2.24, 2.45) is 0 Å². The summed E-state index contributed by atoms with van der Waals surface area (Å²) in [5, 5.41) is 0. The lowest BCUT2D eigenvalue weighted by Crippen LogP contribution is -2.46. The zero-order valence-electron chi connectivity index (χ0n) is 6.11. The maximum Gasteiger partial charge on any atom is 0.105 e. The molecule has 1 aliphatic heterocycles. The van der Waals surface area contributed by atoms with Gasteiger partial charge in [-0.25, -0.2) is 4.39 Å². The van der Waals surface area contributed by atoms with Crippen LogP contribution in [0.3, 0.4) is 0 Å². The Bertz CT molecular complexity index is 131. The lowest BCUT2D eigenvalue weighted by Gasteiger charge is -2.45. The standard InChI is InChI=1S/C8H13FO/c9-7-2-5-10-8(6-7)3-1-4-8/h7H,1-6H2. The maximum absolute atomic E-state index is 12.8. The molecule has 1 unspecified atom stereocenters. The van der Waals surface area contributed by atoms with E-state index in [0.29, 0.717) is 19.4 Å². The Morgan fingerprint density at radius 1 is 1.40 bits per heavy atom. The molecule has 2 rings (SSSR count). The van der Waals surface area contributed by atoms with Crippen LogP contribution in [0.2, 0.25) is 0 Å². The van der Waals surface area contributed by atoms with Crippen LogP contribution in [0, 0.1) is 0 Å². The number of alkyl halides is 1. The molecule has 1 nitrogen and oxygen atoms in total. The van der Waals surface area contributed by atoms with E-state index in [1.165, 1.54) is 6.42 Å². The van der Waals surface area contributed by atoms with E-state index in [-0.39, 0.29) is 5.60 Å². The van der Waals surface area contributed by atoms with Gasteiger partial charge in [-0.1, -0.05) is 0 Å². The second-order valence-electron chi connectivity index (χ2n) is 3.48. The largest absolute Gasteiger partial charge is 0.375 e. The van der Waals surface area contributed by atoms with Crippen LogP contribution in [0.5, 0.6) is 0 Å². The molecule has 1 saturated heterocycles. The highest BCUT2D eigenvalue weighted by molar-refractivity contribution is 4.93. The summed E-state index contributed by atoms with van der Waals surface area (Å²) in [6.07, 6.45) is 4.09. The van der Waals surface area contributed by atoms with Crippen molar-refractivity contribution >= 4 is 0 Å². The molecule has 1 heterocycles. The zero-order chi connectivity index (χ0) is 7.03. The Morgan fingerprint density at radius 2 is 2.20 bits per heavy atom. The van der Waals surface area contributed by atoms with E-state index in [4.69, 9.17) is 4.74 Å². The molecule has 1 spiro atoms. The minimum absolute atomic E-state index is 0.00231. The first kappa shape index (κ1) is 6.59. The van der Waals surface area contributed by atoms with Crippen molar-refractivity contribution in [1.82, 2.24) is 0 Å². The van der Waals surface area contributed by atoms with Crippen LogP contribution in [0.1, 0.15) is 32.1 Å². The predicted molar refractivity (Wildman–Crippen MR) is 36.7 cm³/mol. The van der Waals surface area contributed by atoms with Crippen molar-refractivity contribution in [3.63, 3.8) is 0 Å². The molecule has 1 saturated carbocycles. The Kier molecular flexibility index (Phi) is 1.44. The van der Waals surface area contributed by atoms with Crippen molar-refractivity contribution in [2.75, 3.05) is 6.61 Å². The molecule has 2 aliphatic rings. The van der Waals surface area contributed by atoms with Crippen LogP contribution in [0.25, 0.3) is 0 Å². The molecule has 1 aliphatic carbocycles. The Morgan fingerprint density at radius 3 is 2.60 bits per heavy atom. The summed E-state index contributed by atoms with van der Waals surface area (Å²) in [6, 6.07) is 0. The van der Waals surface area contributed by atoms with Crippen molar-refractivity contribution in [1.29, 1.82) is 0 Å². The van der Waals surface area contributed by atoms with Gasteiger partial charge < -0.3 is 4.74 Å². The van der Waals surface area contributed by atoms with Gasteiger partial charge in [0.1, 0.15) is 6.17 Å². The van der Waals surface area contributed by atoms with Crippen LogP contribution in [-0.2, 0) is 4.74 Å². The molecule has 0 aromatic heterocycles. The number of rotatable bonds is 0. The van der Waals surface area contributed by atoms with Gasteiger partial charge in [0.05, 0.1) is 12.2 Å². The lowest BCUT2D eigenvalue weighted by molar-refractivity contribution is -0.146. The smallest absolute Gasteiger partial charge is 0.105 e. The predicted octanol–water partition coefficient (Wildman–Crippen LogP) is 2.06. The van der Waals surface area contributed by atoms with Gasteiger partial charge in [-0.2, -0.15) is 0 Å². The molecular formula is C8H13FO. The van der Waals surface area contributed by atoms with Crippen LogP contribution in [-0.4, -0.2) is 18.4 Å². The fourth-order valence-corrected chi connectivity index (χ4v) is 1.89. The zero-order valence-corrected chi connectivity index (χ0v) is 6.11. The van der Waals surface area contributed by atoms with Gasteiger partial charge >= 0.3 is 0 Å². The summed E-state index contributed by atoms with van der Waals surface area (Å²) in [6.45, 7) is 0.640. The van der Waals surface area contributed by atoms with Gasteiger partial charge in [0.15, 0.2) is 0 Å². The first-order valence-electron chi connectivity index (χ1n) is 4.09. The van der Waals surface area contributed by atoms with Crippen molar-refractivity contribution in [3.05, 3.63) is 0 Å². The molecule has 2 fully saturated rings. The molecule has 0 aromatic rings. The minimum Gasteiger partial charge on any atom is -0.375 e. The molecular weight excluding hydrogens is 131 g/mol. The average molecular weight is 144 g/mol. The first-order valence-corrected chi connectivity index (χ1v) is 4.09. The van der Waals surface area contributed by atoms with Gasteiger partial charge in [0, 0.05) is 12.8 Å². The summed E-state index contributed by atoms with van der Waals surface area (Å²) < 4.78 is 18.4. The van der Waals surface area contributed by atoms with E-state index in [1.807, 2.05) is 0 Å². The molecule has 10 heavy (non-hydrogen) atoms.